The zero-order valence-corrected chi connectivity index (χ0v) is 8.08. The quantitative estimate of drug-likeness (QED) is 0.751. The van der Waals surface area contributed by atoms with Gasteiger partial charge < -0.3 is 5.32 Å². The predicted molar refractivity (Wildman–Crippen MR) is 53.5 cm³/mol. The molecule has 0 fully saturated rings. The first-order valence-corrected chi connectivity index (χ1v) is 4.56. The Hall–Kier alpha value is -1.31. The molecule has 0 aliphatic rings. The van der Waals surface area contributed by atoms with Crippen LogP contribution in [0.25, 0.3) is 0 Å². The van der Waals surface area contributed by atoms with Gasteiger partial charge in [0.2, 0.25) is 5.91 Å². The van der Waals surface area contributed by atoms with E-state index in [0.717, 1.165) is 12.0 Å². The lowest BCUT2D eigenvalue weighted by Gasteiger charge is -2.12. The summed E-state index contributed by atoms with van der Waals surface area (Å²) in [5.41, 5.74) is 1.09. The largest absolute Gasteiger partial charge is 0.359 e. The maximum Gasteiger partial charge on any atom is 0.227 e. The Labute approximate surface area is 79.0 Å². The molecule has 2 heteroatoms. The molecule has 0 heterocycles. The number of carbonyl (C=O) groups is 1. The van der Waals surface area contributed by atoms with Gasteiger partial charge in [0.05, 0.1) is 5.92 Å². The molecule has 0 aromatic heterocycles. The van der Waals surface area contributed by atoms with Crippen molar-refractivity contribution in [3.63, 3.8) is 0 Å². The SMILES string of the molecule is CC[C@@H](C(=O)NC)c1ccccc1. The minimum Gasteiger partial charge on any atom is -0.359 e. The Balaban J connectivity index is 2.85. The summed E-state index contributed by atoms with van der Waals surface area (Å²) in [5, 5.41) is 2.68. The van der Waals surface area contributed by atoms with Crippen LogP contribution in [0.2, 0.25) is 0 Å². The van der Waals surface area contributed by atoms with Gasteiger partial charge in [-0.2, -0.15) is 0 Å². The standard InChI is InChI=1S/C11H15NO/c1-3-10(11(13)12-2)9-7-5-4-6-8-9/h4-8,10H,3H2,1-2H3,(H,12,13)/t10-/m1/s1. The molecule has 1 aromatic rings. The average Bonchev–Trinajstić information content (AvgIpc) is 2.20. The zero-order chi connectivity index (χ0) is 9.68. The molecule has 0 radical (unpaired) electrons. The number of likely N-dealkylation sites (N-methyl/N-ethyl adjacent to an activating group) is 1. The monoisotopic (exact) mass is 177 g/mol. The Morgan fingerprint density at radius 3 is 2.46 bits per heavy atom. The highest BCUT2D eigenvalue weighted by molar-refractivity contribution is 5.83. The summed E-state index contributed by atoms with van der Waals surface area (Å²) in [6.07, 6.45) is 0.837. The molecule has 1 amide bonds. The van der Waals surface area contributed by atoms with Crippen LogP contribution in [-0.2, 0) is 4.79 Å². The summed E-state index contributed by atoms with van der Waals surface area (Å²) in [4.78, 5) is 11.4. The van der Waals surface area contributed by atoms with E-state index in [1.165, 1.54) is 0 Å². The minimum atomic E-state index is -0.00815. The first kappa shape index (κ1) is 9.78. The fraction of sp³-hybridized carbons (Fsp3) is 0.364. The summed E-state index contributed by atoms with van der Waals surface area (Å²) in [6.45, 7) is 2.02. The van der Waals surface area contributed by atoms with E-state index in [4.69, 9.17) is 0 Å². The molecule has 13 heavy (non-hydrogen) atoms. The lowest BCUT2D eigenvalue weighted by Crippen LogP contribution is -2.25. The Kier molecular flexibility index (Phi) is 3.50. The Morgan fingerprint density at radius 2 is 2.00 bits per heavy atom. The van der Waals surface area contributed by atoms with Gasteiger partial charge in [-0.1, -0.05) is 37.3 Å². The summed E-state index contributed by atoms with van der Waals surface area (Å²) < 4.78 is 0. The van der Waals surface area contributed by atoms with E-state index in [1.807, 2.05) is 37.3 Å². The molecule has 1 N–H and O–H groups in total. The fourth-order valence-corrected chi connectivity index (χ4v) is 1.43. The first-order chi connectivity index (χ1) is 6.29. The minimum absolute atomic E-state index is 0.00815. The van der Waals surface area contributed by atoms with Crippen molar-refractivity contribution in [2.45, 2.75) is 19.3 Å². The smallest absolute Gasteiger partial charge is 0.227 e. The normalized spacial score (nSPS) is 12.2. The van der Waals surface area contributed by atoms with Gasteiger partial charge in [0.15, 0.2) is 0 Å². The molecule has 2 nitrogen and oxygen atoms in total. The van der Waals surface area contributed by atoms with Crippen LogP contribution < -0.4 is 5.32 Å². The fourth-order valence-electron chi connectivity index (χ4n) is 1.43. The lowest BCUT2D eigenvalue weighted by atomic mass is 9.96. The van der Waals surface area contributed by atoms with Gasteiger partial charge in [-0.25, -0.2) is 0 Å². The van der Waals surface area contributed by atoms with Crippen molar-refractivity contribution in [2.24, 2.45) is 0 Å². The molecule has 0 bridgehead atoms. The van der Waals surface area contributed by atoms with Crippen LogP contribution in [0.15, 0.2) is 30.3 Å². The predicted octanol–water partition coefficient (Wildman–Crippen LogP) is 1.93. The third kappa shape index (κ3) is 2.31. The van der Waals surface area contributed by atoms with Crippen molar-refractivity contribution in [1.29, 1.82) is 0 Å². The van der Waals surface area contributed by atoms with Crippen LogP contribution in [0.5, 0.6) is 0 Å². The van der Waals surface area contributed by atoms with Gasteiger partial charge >= 0.3 is 0 Å². The molecule has 0 aliphatic heterocycles. The molecule has 0 saturated heterocycles. The second kappa shape index (κ2) is 4.65. The molecule has 1 aromatic carbocycles. The highest BCUT2D eigenvalue weighted by atomic mass is 16.1. The van der Waals surface area contributed by atoms with Gasteiger partial charge in [-0.3, -0.25) is 4.79 Å². The molecule has 1 rings (SSSR count). The lowest BCUT2D eigenvalue weighted by molar-refractivity contribution is -0.122. The molecule has 70 valence electrons. The zero-order valence-electron chi connectivity index (χ0n) is 8.08. The van der Waals surface area contributed by atoms with Gasteiger partial charge in [0.1, 0.15) is 0 Å². The first-order valence-electron chi connectivity index (χ1n) is 4.56. The molecule has 0 aliphatic carbocycles. The van der Waals surface area contributed by atoms with E-state index in [-0.39, 0.29) is 11.8 Å². The Bertz CT molecular complexity index is 269. The van der Waals surface area contributed by atoms with Crippen LogP contribution in [0.4, 0.5) is 0 Å². The number of carbonyl (C=O) groups excluding carboxylic acids is 1. The van der Waals surface area contributed by atoms with Crippen LogP contribution in [-0.4, -0.2) is 13.0 Å². The molecule has 0 saturated carbocycles. The van der Waals surface area contributed by atoms with Crippen molar-refractivity contribution in [2.75, 3.05) is 7.05 Å². The average molecular weight is 177 g/mol. The van der Waals surface area contributed by atoms with Crippen molar-refractivity contribution in [3.05, 3.63) is 35.9 Å². The van der Waals surface area contributed by atoms with Gasteiger partial charge in [0, 0.05) is 7.05 Å². The molecule has 0 spiro atoms. The second-order valence-electron chi connectivity index (χ2n) is 2.99. The van der Waals surface area contributed by atoms with Crippen molar-refractivity contribution in [3.8, 4) is 0 Å². The third-order valence-corrected chi connectivity index (χ3v) is 2.17. The summed E-state index contributed by atoms with van der Waals surface area (Å²) in [6, 6.07) is 9.86. The van der Waals surface area contributed by atoms with Crippen molar-refractivity contribution < 1.29 is 4.79 Å². The maximum absolute atomic E-state index is 11.4. The van der Waals surface area contributed by atoms with Crippen molar-refractivity contribution >= 4 is 5.91 Å². The topological polar surface area (TPSA) is 29.1 Å². The number of amides is 1. The summed E-state index contributed by atoms with van der Waals surface area (Å²) >= 11 is 0. The van der Waals surface area contributed by atoms with E-state index < -0.39 is 0 Å². The number of nitrogens with one attached hydrogen (secondary N) is 1. The van der Waals surface area contributed by atoms with Gasteiger partial charge in [0.25, 0.3) is 0 Å². The second-order valence-corrected chi connectivity index (χ2v) is 2.99. The van der Waals surface area contributed by atoms with Crippen molar-refractivity contribution in [1.82, 2.24) is 5.32 Å². The molecule has 1 atom stereocenters. The number of benzene rings is 1. The Morgan fingerprint density at radius 1 is 1.38 bits per heavy atom. The van der Waals surface area contributed by atoms with Crippen LogP contribution in [0.3, 0.4) is 0 Å². The summed E-state index contributed by atoms with van der Waals surface area (Å²) in [7, 11) is 1.67. The summed E-state index contributed by atoms with van der Waals surface area (Å²) in [5.74, 6) is 0.0832. The van der Waals surface area contributed by atoms with Gasteiger partial charge in [-0.15, -0.1) is 0 Å². The van der Waals surface area contributed by atoms with E-state index >= 15 is 0 Å². The van der Waals surface area contributed by atoms with Crippen LogP contribution in [0.1, 0.15) is 24.8 Å². The van der Waals surface area contributed by atoms with E-state index in [1.54, 1.807) is 7.05 Å². The molecule has 0 unspecified atom stereocenters. The molecular formula is C11H15NO. The van der Waals surface area contributed by atoms with Crippen LogP contribution >= 0.6 is 0 Å². The maximum atomic E-state index is 11.4. The number of rotatable bonds is 3. The third-order valence-electron chi connectivity index (χ3n) is 2.17. The number of hydrogen-bond donors (Lipinski definition) is 1. The highest BCUT2D eigenvalue weighted by Crippen LogP contribution is 2.18. The highest BCUT2D eigenvalue weighted by Gasteiger charge is 2.15. The van der Waals surface area contributed by atoms with Gasteiger partial charge in [-0.05, 0) is 12.0 Å². The number of hydrogen-bond acceptors (Lipinski definition) is 1. The van der Waals surface area contributed by atoms with Crippen LogP contribution in [0, 0.1) is 0 Å². The van der Waals surface area contributed by atoms with E-state index in [2.05, 4.69) is 5.32 Å². The van der Waals surface area contributed by atoms with E-state index in [9.17, 15) is 4.79 Å². The van der Waals surface area contributed by atoms with E-state index in [0.29, 0.717) is 0 Å². The molecular weight excluding hydrogens is 162 g/mol.